The predicted molar refractivity (Wildman–Crippen MR) is 80.0 cm³/mol. The minimum absolute atomic E-state index is 0.168. The molecular formula is C15H20ClF3N2. The fourth-order valence-electron chi connectivity index (χ4n) is 2.65. The zero-order chi connectivity index (χ0) is 15.5. The van der Waals surface area contributed by atoms with Crippen molar-refractivity contribution in [2.24, 2.45) is 0 Å². The van der Waals surface area contributed by atoms with Gasteiger partial charge in [-0.15, -0.1) is 0 Å². The minimum Gasteiger partial charge on any atom is -0.369 e. The maximum absolute atomic E-state index is 12.7. The van der Waals surface area contributed by atoms with E-state index in [0.29, 0.717) is 11.7 Å². The Morgan fingerprint density at radius 1 is 1.38 bits per heavy atom. The van der Waals surface area contributed by atoms with Gasteiger partial charge in [0.25, 0.3) is 0 Å². The zero-order valence-corrected chi connectivity index (χ0v) is 12.8. The Morgan fingerprint density at radius 3 is 2.76 bits per heavy atom. The molecule has 2 rings (SSSR count). The van der Waals surface area contributed by atoms with Gasteiger partial charge in [-0.2, -0.15) is 13.2 Å². The Labute approximate surface area is 128 Å². The van der Waals surface area contributed by atoms with Gasteiger partial charge in [-0.25, -0.2) is 0 Å². The number of hydrogen-bond donors (Lipinski definition) is 1. The molecular weight excluding hydrogens is 301 g/mol. The first-order valence-electron chi connectivity index (χ1n) is 7.27. The molecule has 0 amide bonds. The summed E-state index contributed by atoms with van der Waals surface area (Å²) in [5.41, 5.74) is -0.0124. The molecule has 0 aromatic heterocycles. The van der Waals surface area contributed by atoms with E-state index in [1.807, 2.05) is 0 Å². The van der Waals surface area contributed by atoms with Crippen LogP contribution in [0.5, 0.6) is 0 Å². The third kappa shape index (κ3) is 4.27. The molecule has 6 heteroatoms. The van der Waals surface area contributed by atoms with Crippen LogP contribution in [0.25, 0.3) is 0 Å². The van der Waals surface area contributed by atoms with Gasteiger partial charge in [0.05, 0.1) is 16.3 Å². The van der Waals surface area contributed by atoms with E-state index in [1.165, 1.54) is 6.07 Å². The van der Waals surface area contributed by atoms with Crippen LogP contribution in [0, 0.1) is 0 Å². The SMILES string of the molecule is CCCNC1CCCN(c2ccc(C(F)(F)F)cc2Cl)C1. The van der Waals surface area contributed by atoms with Gasteiger partial charge in [-0.3, -0.25) is 0 Å². The van der Waals surface area contributed by atoms with Gasteiger partial charge in [-0.1, -0.05) is 18.5 Å². The highest BCUT2D eigenvalue weighted by atomic mass is 35.5. The molecule has 21 heavy (non-hydrogen) atoms. The van der Waals surface area contributed by atoms with Crippen LogP contribution in [0.2, 0.25) is 5.02 Å². The Kier molecular flexibility index (Phi) is 5.38. The first-order valence-corrected chi connectivity index (χ1v) is 7.64. The van der Waals surface area contributed by atoms with Gasteiger partial charge in [0.2, 0.25) is 0 Å². The van der Waals surface area contributed by atoms with E-state index >= 15 is 0 Å². The van der Waals surface area contributed by atoms with Crippen LogP contribution in [-0.2, 0) is 6.18 Å². The summed E-state index contributed by atoms with van der Waals surface area (Å²) < 4.78 is 38.0. The van der Waals surface area contributed by atoms with Crippen LogP contribution in [0.15, 0.2) is 18.2 Å². The van der Waals surface area contributed by atoms with E-state index in [1.54, 1.807) is 0 Å². The Hall–Kier alpha value is -0.940. The van der Waals surface area contributed by atoms with Crippen molar-refractivity contribution in [1.82, 2.24) is 5.32 Å². The topological polar surface area (TPSA) is 15.3 Å². The van der Waals surface area contributed by atoms with Gasteiger partial charge < -0.3 is 10.2 Å². The molecule has 0 bridgehead atoms. The third-order valence-corrected chi connectivity index (χ3v) is 4.02. The average molecular weight is 321 g/mol. The monoisotopic (exact) mass is 320 g/mol. The Morgan fingerprint density at radius 2 is 2.14 bits per heavy atom. The maximum Gasteiger partial charge on any atom is 0.416 e. The fraction of sp³-hybridized carbons (Fsp3) is 0.600. The molecule has 0 radical (unpaired) electrons. The van der Waals surface area contributed by atoms with Crippen LogP contribution < -0.4 is 10.2 Å². The zero-order valence-electron chi connectivity index (χ0n) is 12.0. The van der Waals surface area contributed by atoms with Crippen molar-refractivity contribution in [2.45, 2.75) is 38.4 Å². The van der Waals surface area contributed by atoms with Crippen molar-refractivity contribution >= 4 is 17.3 Å². The lowest BCUT2D eigenvalue weighted by atomic mass is 10.0. The number of alkyl halides is 3. The molecule has 1 heterocycles. The average Bonchev–Trinajstić information content (AvgIpc) is 2.44. The molecule has 1 atom stereocenters. The lowest BCUT2D eigenvalue weighted by Gasteiger charge is -2.35. The van der Waals surface area contributed by atoms with Crippen molar-refractivity contribution in [2.75, 3.05) is 24.5 Å². The second-order valence-corrected chi connectivity index (χ2v) is 5.81. The molecule has 2 nitrogen and oxygen atoms in total. The molecule has 1 aliphatic heterocycles. The van der Waals surface area contributed by atoms with Gasteiger partial charge in [0, 0.05) is 19.1 Å². The quantitative estimate of drug-likeness (QED) is 0.888. The van der Waals surface area contributed by atoms with E-state index in [2.05, 4.69) is 17.1 Å². The summed E-state index contributed by atoms with van der Waals surface area (Å²) in [7, 11) is 0. The van der Waals surface area contributed by atoms with Gasteiger partial charge in [-0.05, 0) is 44.0 Å². The highest BCUT2D eigenvalue weighted by Crippen LogP contribution is 2.35. The van der Waals surface area contributed by atoms with Crippen molar-refractivity contribution in [3.63, 3.8) is 0 Å². The highest BCUT2D eigenvalue weighted by molar-refractivity contribution is 6.33. The number of anilines is 1. The van der Waals surface area contributed by atoms with Crippen molar-refractivity contribution < 1.29 is 13.2 Å². The predicted octanol–water partition coefficient (Wildman–Crippen LogP) is 4.33. The van der Waals surface area contributed by atoms with Gasteiger partial charge in [0.15, 0.2) is 0 Å². The lowest BCUT2D eigenvalue weighted by molar-refractivity contribution is -0.137. The van der Waals surface area contributed by atoms with E-state index in [4.69, 9.17) is 11.6 Å². The van der Waals surface area contributed by atoms with Crippen molar-refractivity contribution in [3.8, 4) is 0 Å². The summed E-state index contributed by atoms with van der Waals surface area (Å²) in [6.45, 7) is 4.68. The maximum atomic E-state index is 12.7. The molecule has 1 N–H and O–H groups in total. The smallest absolute Gasteiger partial charge is 0.369 e. The second kappa shape index (κ2) is 6.88. The summed E-state index contributed by atoms with van der Waals surface area (Å²) in [6.07, 6.45) is -1.18. The van der Waals surface area contributed by atoms with Crippen LogP contribution in [0.3, 0.4) is 0 Å². The minimum atomic E-state index is -4.35. The van der Waals surface area contributed by atoms with Crippen LogP contribution >= 0.6 is 11.6 Å². The molecule has 0 saturated carbocycles. The van der Waals surface area contributed by atoms with Gasteiger partial charge in [0.1, 0.15) is 0 Å². The van der Waals surface area contributed by atoms with Gasteiger partial charge >= 0.3 is 6.18 Å². The van der Waals surface area contributed by atoms with Crippen LogP contribution in [0.1, 0.15) is 31.7 Å². The number of nitrogens with one attached hydrogen (secondary N) is 1. The number of nitrogens with zero attached hydrogens (tertiary/aromatic N) is 1. The molecule has 1 unspecified atom stereocenters. The summed E-state index contributed by atoms with van der Waals surface area (Å²) in [5, 5.41) is 3.63. The highest BCUT2D eigenvalue weighted by Gasteiger charge is 2.31. The van der Waals surface area contributed by atoms with E-state index in [0.717, 1.165) is 51.0 Å². The number of piperidine rings is 1. The number of hydrogen-bond acceptors (Lipinski definition) is 2. The summed E-state index contributed by atoms with van der Waals surface area (Å²) >= 11 is 6.06. The summed E-state index contributed by atoms with van der Waals surface area (Å²) in [4.78, 5) is 2.07. The number of benzene rings is 1. The molecule has 0 spiro atoms. The number of rotatable bonds is 4. The summed E-state index contributed by atoms with van der Waals surface area (Å²) in [5.74, 6) is 0. The third-order valence-electron chi connectivity index (χ3n) is 3.72. The molecule has 1 aliphatic rings. The fourth-order valence-corrected chi connectivity index (χ4v) is 2.95. The van der Waals surface area contributed by atoms with Crippen LogP contribution in [-0.4, -0.2) is 25.7 Å². The molecule has 118 valence electrons. The van der Waals surface area contributed by atoms with E-state index in [9.17, 15) is 13.2 Å². The summed E-state index contributed by atoms with van der Waals surface area (Å²) in [6, 6.07) is 3.97. The first kappa shape index (κ1) is 16.4. The van der Waals surface area contributed by atoms with E-state index < -0.39 is 11.7 Å². The van der Waals surface area contributed by atoms with E-state index in [-0.39, 0.29) is 5.02 Å². The largest absolute Gasteiger partial charge is 0.416 e. The second-order valence-electron chi connectivity index (χ2n) is 5.40. The van der Waals surface area contributed by atoms with Crippen molar-refractivity contribution in [1.29, 1.82) is 0 Å². The normalized spacial score (nSPS) is 19.9. The van der Waals surface area contributed by atoms with Crippen molar-refractivity contribution in [3.05, 3.63) is 28.8 Å². The molecule has 1 fully saturated rings. The molecule has 1 saturated heterocycles. The lowest BCUT2D eigenvalue weighted by Crippen LogP contribution is -2.46. The first-order chi connectivity index (χ1) is 9.91. The Balaban J connectivity index is 2.10. The van der Waals surface area contributed by atoms with Crippen LogP contribution in [0.4, 0.5) is 18.9 Å². The standard InChI is InChI=1S/C15H20ClF3N2/c1-2-7-20-12-4-3-8-21(10-12)14-6-5-11(9-13(14)16)15(17,18)19/h5-6,9,12,20H,2-4,7-8,10H2,1H3. The Bertz CT molecular complexity index is 476. The molecule has 0 aliphatic carbocycles. The number of halogens is 4. The molecule has 1 aromatic carbocycles. The molecule has 1 aromatic rings.